The van der Waals surface area contributed by atoms with E-state index in [1.54, 1.807) is 7.05 Å². The molecule has 0 spiro atoms. The van der Waals surface area contributed by atoms with E-state index in [9.17, 15) is 4.79 Å². The van der Waals surface area contributed by atoms with Crippen molar-refractivity contribution >= 4 is 5.97 Å². The van der Waals surface area contributed by atoms with Crippen LogP contribution in [0.3, 0.4) is 0 Å². The minimum absolute atomic E-state index is 0.188. The Balaban J connectivity index is 2.58. The van der Waals surface area contributed by atoms with Crippen LogP contribution in [0.25, 0.3) is 0 Å². The first kappa shape index (κ1) is 15.4. The second-order valence-electron chi connectivity index (χ2n) is 4.94. The predicted octanol–water partition coefficient (Wildman–Crippen LogP) is 0.638. The molecule has 106 valence electrons. The lowest BCUT2D eigenvalue weighted by Gasteiger charge is -2.38. The normalized spacial score (nSPS) is 24.6. The van der Waals surface area contributed by atoms with Crippen molar-refractivity contribution in [3.05, 3.63) is 0 Å². The summed E-state index contributed by atoms with van der Waals surface area (Å²) in [7, 11) is 1.80. The summed E-state index contributed by atoms with van der Waals surface area (Å²) in [5.74, 6) is -0.188. The average molecular weight is 258 g/mol. The number of rotatable bonds is 6. The fraction of sp³-hybridized carbons (Fsp3) is 0.923. The van der Waals surface area contributed by atoms with Crippen LogP contribution in [0.4, 0.5) is 0 Å². The smallest absolute Gasteiger partial charge is 0.327 e. The van der Waals surface area contributed by atoms with Gasteiger partial charge in [-0.3, -0.25) is 9.69 Å². The summed E-state index contributed by atoms with van der Waals surface area (Å²) in [5, 5.41) is 3.09. The maximum Gasteiger partial charge on any atom is 0.327 e. The number of morpholine rings is 1. The molecule has 5 heteroatoms. The predicted molar refractivity (Wildman–Crippen MR) is 70.6 cm³/mol. The number of likely N-dealkylation sites (N-methyl/N-ethyl adjacent to an activating group) is 1. The summed E-state index contributed by atoms with van der Waals surface area (Å²) in [6.45, 7) is 9.40. The molecule has 1 aliphatic rings. The van der Waals surface area contributed by atoms with Crippen molar-refractivity contribution in [2.75, 3.05) is 39.9 Å². The van der Waals surface area contributed by atoms with E-state index in [0.717, 1.165) is 26.1 Å². The summed E-state index contributed by atoms with van der Waals surface area (Å²) in [4.78, 5) is 14.2. The fourth-order valence-corrected chi connectivity index (χ4v) is 2.15. The minimum atomic E-state index is -0.647. The average Bonchev–Trinajstić information content (AvgIpc) is 2.39. The molecule has 0 aromatic heterocycles. The molecule has 1 aliphatic heterocycles. The van der Waals surface area contributed by atoms with Crippen LogP contribution < -0.4 is 5.32 Å². The first-order valence-corrected chi connectivity index (χ1v) is 6.75. The van der Waals surface area contributed by atoms with E-state index in [4.69, 9.17) is 9.47 Å². The van der Waals surface area contributed by atoms with E-state index in [0.29, 0.717) is 13.2 Å². The molecule has 5 nitrogen and oxygen atoms in total. The lowest BCUT2D eigenvalue weighted by molar-refractivity contribution is -0.152. The van der Waals surface area contributed by atoms with E-state index >= 15 is 0 Å². The minimum Gasteiger partial charge on any atom is -0.465 e. The Kier molecular flexibility index (Phi) is 6.05. The van der Waals surface area contributed by atoms with Crippen molar-refractivity contribution in [1.82, 2.24) is 10.2 Å². The monoisotopic (exact) mass is 258 g/mol. The molecule has 0 radical (unpaired) electrons. The maximum atomic E-state index is 12.0. The lowest BCUT2D eigenvalue weighted by atomic mass is 10.0. The number of hydrogen-bond donors (Lipinski definition) is 1. The highest BCUT2D eigenvalue weighted by Crippen LogP contribution is 2.14. The Morgan fingerprint density at radius 1 is 1.56 bits per heavy atom. The van der Waals surface area contributed by atoms with Gasteiger partial charge in [-0.25, -0.2) is 0 Å². The molecule has 18 heavy (non-hydrogen) atoms. The zero-order valence-corrected chi connectivity index (χ0v) is 12.0. The first-order chi connectivity index (χ1) is 8.55. The van der Waals surface area contributed by atoms with Crippen molar-refractivity contribution in [3.8, 4) is 0 Å². The van der Waals surface area contributed by atoms with Gasteiger partial charge < -0.3 is 14.8 Å². The van der Waals surface area contributed by atoms with E-state index in [1.165, 1.54) is 0 Å². The van der Waals surface area contributed by atoms with Crippen molar-refractivity contribution in [3.63, 3.8) is 0 Å². The molecule has 0 amide bonds. The summed E-state index contributed by atoms with van der Waals surface area (Å²) in [6.07, 6.45) is 1.29. The second kappa shape index (κ2) is 7.07. The molecule has 0 aromatic carbocycles. The fourth-order valence-electron chi connectivity index (χ4n) is 2.15. The SMILES string of the molecule is CCOC(=O)C(C)(CN1CCOC(CC)C1)NC. The van der Waals surface area contributed by atoms with Crippen molar-refractivity contribution in [2.24, 2.45) is 0 Å². The standard InChI is InChI=1S/C13H26N2O3/c1-5-11-9-15(7-8-18-11)10-13(3,14-4)12(16)17-6-2/h11,14H,5-10H2,1-4H3. The highest BCUT2D eigenvalue weighted by Gasteiger charge is 2.36. The Morgan fingerprint density at radius 3 is 2.83 bits per heavy atom. The quantitative estimate of drug-likeness (QED) is 0.709. The molecule has 1 saturated heterocycles. The molecular weight excluding hydrogens is 232 g/mol. The van der Waals surface area contributed by atoms with Gasteiger partial charge in [-0.05, 0) is 27.3 Å². The van der Waals surface area contributed by atoms with Gasteiger partial charge in [0.15, 0.2) is 0 Å². The Hall–Kier alpha value is -0.650. The third kappa shape index (κ3) is 3.93. The Morgan fingerprint density at radius 2 is 2.28 bits per heavy atom. The zero-order valence-electron chi connectivity index (χ0n) is 12.0. The lowest BCUT2D eigenvalue weighted by Crippen LogP contribution is -2.58. The highest BCUT2D eigenvalue weighted by atomic mass is 16.5. The molecule has 0 bridgehead atoms. The molecule has 0 aliphatic carbocycles. The maximum absolute atomic E-state index is 12.0. The summed E-state index contributed by atoms with van der Waals surface area (Å²) in [6, 6.07) is 0. The molecule has 0 aromatic rings. The molecule has 1 fully saturated rings. The van der Waals surface area contributed by atoms with E-state index in [2.05, 4.69) is 17.1 Å². The number of nitrogens with zero attached hydrogens (tertiary/aromatic N) is 1. The van der Waals surface area contributed by atoms with Gasteiger partial charge >= 0.3 is 5.97 Å². The second-order valence-corrected chi connectivity index (χ2v) is 4.94. The van der Waals surface area contributed by atoms with Gasteiger partial charge in [0, 0.05) is 19.6 Å². The van der Waals surface area contributed by atoms with E-state index in [1.807, 2.05) is 13.8 Å². The number of hydrogen-bond acceptors (Lipinski definition) is 5. The number of esters is 1. The Labute approximate surface area is 110 Å². The molecule has 2 unspecified atom stereocenters. The van der Waals surface area contributed by atoms with Gasteiger partial charge in [0.05, 0.1) is 19.3 Å². The molecule has 1 rings (SSSR count). The van der Waals surface area contributed by atoms with Crippen molar-refractivity contribution in [2.45, 2.75) is 38.8 Å². The largest absolute Gasteiger partial charge is 0.465 e. The molecular formula is C13H26N2O3. The molecule has 1 heterocycles. The number of ether oxygens (including phenoxy) is 2. The van der Waals surface area contributed by atoms with Crippen molar-refractivity contribution in [1.29, 1.82) is 0 Å². The summed E-state index contributed by atoms with van der Waals surface area (Å²) in [5.41, 5.74) is -0.647. The topological polar surface area (TPSA) is 50.8 Å². The van der Waals surface area contributed by atoms with Crippen LogP contribution in [-0.2, 0) is 14.3 Å². The highest BCUT2D eigenvalue weighted by molar-refractivity contribution is 5.80. The van der Waals surface area contributed by atoms with Crippen molar-refractivity contribution < 1.29 is 14.3 Å². The van der Waals surface area contributed by atoms with Gasteiger partial charge in [0.25, 0.3) is 0 Å². The van der Waals surface area contributed by atoms with Crippen LogP contribution in [0.5, 0.6) is 0 Å². The first-order valence-electron chi connectivity index (χ1n) is 6.75. The van der Waals surface area contributed by atoms with Crippen LogP contribution >= 0.6 is 0 Å². The Bertz CT molecular complexity index is 273. The summed E-state index contributed by atoms with van der Waals surface area (Å²) >= 11 is 0. The number of carbonyl (C=O) groups is 1. The van der Waals surface area contributed by atoms with Gasteiger partial charge in [-0.15, -0.1) is 0 Å². The van der Waals surface area contributed by atoms with Crippen LogP contribution in [-0.4, -0.2) is 62.4 Å². The van der Waals surface area contributed by atoms with Crippen LogP contribution in [0, 0.1) is 0 Å². The number of carbonyl (C=O) groups excluding carboxylic acids is 1. The van der Waals surface area contributed by atoms with Gasteiger partial charge in [0.2, 0.25) is 0 Å². The van der Waals surface area contributed by atoms with E-state index < -0.39 is 5.54 Å². The third-order valence-electron chi connectivity index (χ3n) is 3.50. The van der Waals surface area contributed by atoms with Gasteiger partial charge in [-0.1, -0.05) is 6.92 Å². The molecule has 2 atom stereocenters. The summed E-state index contributed by atoms with van der Waals surface area (Å²) < 4.78 is 10.8. The molecule has 1 N–H and O–H groups in total. The van der Waals surface area contributed by atoms with Crippen LogP contribution in [0.15, 0.2) is 0 Å². The number of nitrogens with one attached hydrogen (secondary N) is 1. The van der Waals surface area contributed by atoms with Gasteiger partial charge in [-0.2, -0.15) is 0 Å². The molecule has 0 saturated carbocycles. The van der Waals surface area contributed by atoms with Crippen LogP contribution in [0.2, 0.25) is 0 Å². The van der Waals surface area contributed by atoms with Crippen LogP contribution in [0.1, 0.15) is 27.2 Å². The van der Waals surface area contributed by atoms with E-state index in [-0.39, 0.29) is 12.1 Å². The zero-order chi connectivity index (χ0) is 13.6. The van der Waals surface area contributed by atoms with Gasteiger partial charge in [0.1, 0.15) is 5.54 Å². The third-order valence-corrected chi connectivity index (χ3v) is 3.50.